The number of halogens is 1. The molecule has 128 valence electrons. The predicted octanol–water partition coefficient (Wildman–Crippen LogP) is 3.65. The average Bonchev–Trinajstić information content (AvgIpc) is 3.10. The number of nitrogens with one attached hydrogen (secondary N) is 1. The fourth-order valence-corrected chi connectivity index (χ4v) is 4.36. The van der Waals surface area contributed by atoms with E-state index in [-0.39, 0.29) is 17.5 Å². The van der Waals surface area contributed by atoms with Gasteiger partial charge in [0.1, 0.15) is 5.75 Å². The molecular weight excluding hydrogens is 382 g/mol. The highest BCUT2D eigenvalue weighted by Gasteiger charge is 2.39. The lowest BCUT2D eigenvalue weighted by Gasteiger charge is -2.38. The van der Waals surface area contributed by atoms with Gasteiger partial charge in [0.2, 0.25) is 0 Å². The minimum Gasteiger partial charge on any atom is -0.545 e. The fourth-order valence-electron chi connectivity index (χ4n) is 3.98. The number of rotatable bonds is 3. The monoisotopic (exact) mass is 398 g/mol. The molecular formula is C20H17BrNO3-. The molecule has 4 nitrogen and oxygen atoms in total. The highest BCUT2D eigenvalue weighted by Crippen LogP contribution is 2.51. The number of allylic oxidation sites excluding steroid dienone is 2. The number of benzene rings is 2. The highest BCUT2D eigenvalue weighted by atomic mass is 79.9. The quantitative estimate of drug-likeness (QED) is 0.801. The van der Waals surface area contributed by atoms with E-state index in [1.165, 1.54) is 0 Å². The molecule has 0 bridgehead atoms. The van der Waals surface area contributed by atoms with Gasteiger partial charge in [-0.25, -0.2) is 0 Å². The van der Waals surface area contributed by atoms with Crippen LogP contribution in [0.1, 0.15) is 39.9 Å². The maximum Gasteiger partial charge on any atom is 0.124 e. The van der Waals surface area contributed by atoms with Gasteiger partial charge in [0, 0.05) is 21.6 Å². The Kier molecular flexibility index (Phi) is 4.04. The molecule has 1 heterocycles. The summed E-state index contributed by atoms with van der Waals surface area (Å²) in [7, 11) is 1.68. The van der Waals surface area contributed by atoms with Gasteiger partial charge >= 0.3 is 0 Å². The van der Waals surface area contributed by atoms with Crippen LogP contribution < -0.4 is 15.2 Å². The van der Waals surface area contributed by atoms with Gasteiger partial charge < -0.3 is 20.0 Å². The minimum absolute atomic E-state index is 0.0914. The zero-order valence-electron chi connectivity index (χ0n) is 13.7. The molecule has 25 heavy (non-hydrogen) atoms. The van der Waals surface area contributed by atoms with Gasteiger partial charge in [-0.2, -0.15) is 0 Å². The lowest BCUT2D eigenvalue weighted by atomic mass is 9.76. The summed E-state index contributed by atoms with van der Waals surface area (Å²) < 4.78 is 6.58. The third-order valence-electron chi connectivity index (χ3n) is 5.13. The van der Waals surface area contributed by atoms with Crippen LogP contribution in [0.2, 0.25) is 0 Å². The summed E-state index contributed by atoms with van der Waals surface area (Å²) in [4.78, 5) is 11.2. The lowest BCUT2D eigenvalue weighted by Crippen LogP contribution is -2.30. The van der Waals surface area contributed by atoms with Crippen molar-refractivity contribution < 1.29 is 14.6 Å². The van der Waals surface area contributed by atoms with Crippen molar-refractivity contribution in [1.29, 1.82) is 0 Å². The Morgan fingerprint density at radius 2 is 2.08 bits per heavy atom. The summed E-state index contributed by atoms with van der Waals surface area (Å²) in [5.74, 6) is 0.204. The molecule has 0 radical (unpaired) electrons. The Labute approximate surface area is 154 Å². The van der Waals surface area contributed by atoms with Gasteiger partial charge in [-0.3, -0.25) is 0 Å². The van der Waals surface area contributed by atoms with Crippen molar-refractivity contribution >= 4 is 27.6 Å². The molecule has 4 rings (SSSR count). The molecule has 2 aliphatic rings. The van der Waals surface area contributed by atoms with Crippen LogP contribution in [0.4, 0.5) is 5.69 Å². The van der Waals surface area contributed by atoms with Gasteiger partial charge in [-0.15, -0.1) is 0 Å². The molecule has 0 aromatic heterocycles. The zero-order chi connectivity index (χ0) is 17.6. The molecule has 0 fully saturated rings. The van der Waals surface area contributed by atoms with Crippen LogP contribution in [0.25, 0.3) is 0 Å². The molecule has 3 atom stereocenters. The molecule has 0 spiro atoms. The van der Waals surface area contributed by atoms with Crippen molar-refractivity contribution in [3.8, 4) is 5.75 Å². The van der Waals surface area contributed by atoms with Crippen LogP contribution in [0.5, 0.6) is 5.75 Å². The molecule has 2 aromatic carbocycles. The average molecular weight is 399 g/mol. The first kappa shape index (κ1) is 16.2. The first-order valence-electron chi connectivity index (χ1n) is 8.20. The van der Waals surface area contributed by atoms with Crippen molar-refractivity contribution in [2.75, 3.05) is 12.4 Å². The van der Waals surface area contributed by atoms with Gasteiger partial charge in [0.05, 0.1) is 19.1 Å². The largest absolute Gasteiger partial charge is 0.545 e. The Balaban J connectivity index is 1.81. The third-order valence-corrected chi connectivity index (χ3v) is 5.62. The summed E-state index contributed by atoms with van der Waals surface area (Å²) >= 11 is 3.55. The molecule has 5 heteroatoms. The topological polar surface area (TPSA) is 61.4 Å². The number of carboxylic acids is 1. The van der Waals surface area contributed by atoms with Crippen molar-refractivity contribution in [3.05, 3.63) is 69.7 Å². The van der Waals surface area contributed by atoms with E-state index in [1.54, 1.807) is 19.2 Å². The number of hydrogen-bond acceptors (Lipinski definition) is 4. The summed E-state index contributed by atoms with van der Waals surface area (Å²) in [6.45, 7) is 0. The second-order valence-electron chi connectivity index (χ2n) is 6.45. The molecule has 1 aliphatic carbocycles. The number of ether oxygens (including phenoxy) is 1. The SMILES string of the molecule is COc1ccc(Br)cc1[C@H]1Nc2ccc(C(=O)[O-])cc2[C@H]2C=CC[C@@H]21. The van der Waals surface area contributed by atoms with Crippen LogP contribution in [0.15, 0.2) is 53.0 Å². The number of carbonyl (C=O) groups is 1. The maximum atomic E-state index is 11.2. The van der Waals surface area contributed by atoms with Crippen LogP contribution in [-0.4, -0.2) is 13.1 Å². The summed E-state index contributed by atoms with van der Waals surface area (Å²) in [5.41, 5.74) is 3.30. The van der Waals surface area contributed by atoms with Crippen LogP contribution in [0.3, 0.4) is 0 Å². The van der Waals surface area contributed by atoms with Gasteiger partial charge in [-0.05, 0) is 53.8 Å². The first-order chi connectivity index (χ1) is 12.1. The summed E-state index contributed by atoms with van der Waals surface area (Å²) in [6.07, 6.45) is 5.29. The molecule has 1 N–H and O–H groups in total. The number of fused-ring (bicyclic) bond motifs is 3. The number of hydrogen-bond donors (Lipinski definition) is 1. The summed E-state index contributed by atoms with van der Waals surface area (Å²) in [5, 5.41) is 14.8. The van der Waals surface area contributed by atoms with E-state index in [9.17, 15) is 9.90 Å². The van der Waals surface area contributed by atoms with E-state index in [4.69, 9.17) is 4.74 Å². The van der Waals surface area contributed by atoms with Gasteiger partial charge in [0.25, 0.3) is 0 Å². The maximum absolute atomic E-state index is 11.2. The van der Waals surface area contributed by atoms with Crippen LogP contribution >= 0.6 is 15.9 Å². The Bertz CT molecular complexity index is 877. The number of anilines is 1. The molecule has 1 aliphatic heterocycles. The molecule has 2 aromatic rings. The molecule has 0 amide bonds. The van der Waals surface area contributed by atoms with E-state index in [2.05, 4.69) is 39.5 Å². The van der Waals surface area contributed by atoms with E-state index in [1.807, 2.05) is 18.2 Å². The Morgan fingerprint density at radius 1 is 1.24 bits per heavy atom. The minimum atomic E-state index is -1.14. The van der Waals surface area contributed by atoms with E-state index < -0.39 is 5.97 Å². The van der Waals surface area contributed by atoms with Crippen molar-refractivity contribution in [3.63, 3.8) is 0 Å². The fraction of sp³-hybridized carbons (Fsp3) is 0.250. The normalized spacial score (nSPS) is 23.5. The van der Waals surface area contributed by atoms with Crippen LogP contribution in [0, 0.1) is 5.92 Å². The number of methoxy groups -OCH3 is 1. The van der Waals surface area contributed by atoms with E-state index in [0.29, 0.717) is 5.92 Å². The number of aromatic carboxylic acids is 1. The Morgan fingerprint density at radius 3 is 2.84 bits per heavy atom. The Hall–Kier alpha value is -2.27. The third kappa shape index (κ3) is 2.72. The zero-order valence-corrected chi connectivity index (χ0v) is 15.2. The van der Waals surface area contributed by atoms with Crippen molar-refractivity contribution in [2.24, 2.45) is 5.92 Å². The van der Waals surface area contributed by atoms with Crippen molar-refractivity contribution in [1.82, 2.24) is 0 Å². The van der Waals surface area contributed by atoms with Crippen molar-refractivity contribution in [2.45, 2.75) is 18.4 Å². The van der Waals surface area contributed by atoms with E-state index in [0.717, 1.165) is 33.5 Å². The van der Waals surface area contributed by atoms with Gasteiger partial charge in [-0.1, -0.05) is 34.1 Å². The second kappa shape index (κ2) is 6.23. The smallest absolute Gasteiger partial charge is 0.124 e. The van der Waals surface area contributed by atoms with Gasteiger partial charge in [0.15, 0.2) is 0 Å². The highest BCUT2D eigenvalue weighted by molar-refractivity contribution is 9.10. The molecule has 0 saturated heterocycles. The predicted molar refractivity (Wildman–Crippen MR) is 97.8 cm³/mol. The van der Waals surface area contributed by atoms with Crippen LogP contribution in [-0.2, 0) is 0 Å². The standard InChI is InChI=1S/C20H18BrNO3/c1-25-18-8-6-12(21)10-16(18)19-14-4-2-3-13(14)15-9-11(20(23)24)5-7-17(15)22-19/h2-3,5-10,13-14,19,22H,4H2,1H3,(H,23,24)/p-1/t13-,14-,19-/m0/s1. The van der Waals surface area contributed by atoms with E-state index >= 15 is 0 Å². The molecule has 0 unspecified atom stereocenters. The molecule has 0 saturated carbocycles. The number of carbonyl (C=O) groups excluding carboxylic acids is 1. The second-order valence-corrected chi connectivity index (χ2v) is 7.37. The first-order valence-corrected chi connectivity index (χ1v) is 8.99. The summed E-state index contributed by atoms with van der Waals surface area (Å²) in [6, 6.07) is 11.3. The lowest BCUT2D eigenvalue weighted by molar-refractivity contribution is -0.255. The number of carboxylic acid groups (broad SMARTS) is 1.